The number of para-hydroxylation sites is 1. The zero-order valence-electron chi connectivity index (χ0n) is 17.2. The van der Waals surface area contributed by atoms with Crippen LogP contribution in [0.25, 0.3) is 10.9 Å². The highest BCUT2D eigenvalue weighted by molar-refractivity contribution is 6.32. The molecule has 1 aliphatic rings. The van der Waals surface area contributed by atoms with Crippen LogP contribution in [0.15, 0.2) is 48.7 Å². The van der Waals surface area contributed by atoms with Crippen LogP contribution >= 0.6 is 11.6 Å². The third-order valence-electron chi connectivity index (χ3n) is 5.87. The van der Waals surface area contributed by atoms with Crippen LogP contribution in [0.5, 0.6) is 5.75 Å². The van der Waals surface area contributed by atoms with Gasteiger partial charge >= 0.3 is 0 Å². The minimum absolute atomic E-state index is 0.0895. The summed E-state index contributed by atoms with van der Waals surface area (Å²) in [7, 11) is 0. The molecule has 5 nitrogen and oxygen atoms in total. The molecule has 2 heterocycles. The van der Waals surface area contributed by atoms with Gasteiger partial charge in [0.15, 0.2) is 0 Å². The summed E-state index contributed by atoms with van der Waals surface area (Å²) in [5, 5.41) is 12.7. The topological polar surface area (TPSA) is 65.6 Å². The van der Waals surface area contributed by atoms with Crippen LogP contribution < -0.4 is 4.74 Å². The molecule has 1 aromatic heterocycles. The fourth-order valence-electron chi connectivity index (χ4n) is 4.06. The van der Waals surface area contributed by atoms with E-state index in [1.807, 2.05) is 54.4 Å². The maximum atomic E-state index is 12.9. The summed E-state index contributed by atoms with van der Waals surface area (Å²) in [5.74, 6) is 0.674. The van der Waals surface area contributed by atoms with Gasteiger partial charge in [-0.2, -0.15) is 0 Å². The summed E-state index contributed by atoms with van der Waals surface area (Å²) in [4.78, 5) is 18.0. The zero-order valence-corrected chi connectivity index (χ0v) is 17.9. The van der Waals surface area contributed by atoms with Gasteiger partial charge in [0, 0.05) is 30.2 Å². The van der Waals surface area contributed by atoms with Gasteiger partial charge < -0.3 is 19.7 Å². The summed E-state index contributed by atoms with van der Waals surface area (Å²) < 4.78 is 5.86. The summed E-state index contributed by atoms with van der Waals surface area (Å²) in [5.41, 5.74) is 2.13. The number of carbonyl (C=O) groups excluding carboxylic acids is 1. The van der Waals surface area contributed by atoms with Crippen LogP contribution in [0, 0.1) is 6.92 Å². The molecule has 2 N–H and O–H groups in total. The van der Waals surface area contributed by atoms with Crippen molar-refractivity contribution in [1.82, 2.24) is 9.88 Å². The first-order valence-corrected chi connectivity index (χ1v) is 10.8. The number of likely N-dealkylation sites (tertiary alicyclic amines) is 1. The lowest BCUT2D eigenvalue weighted by Gasteiger charge is -2.27. The number of aromatic amines is 1. The van der Waals surface area contributed by atoms with Gasteiger partial charge in [0.25, 0.3) is 0 Å². The number of hydrogen-bond acceptors (Lipinski definition) is 3. The predicted octanol–water partition coefficient (Wildman–Crippen LogP) is 4.49. The molecule has 0 aliphatic carbocycles. The number of H-pyrrole nitrogens is 1. The summed E-state index contributed by atoms with van der Waals surface area (Å²) in [6.45, 7) is 3.30. The van der Waals surface area contributed by atoms with E-state index >= 15 is 0 Å². The number of aromatic nitrogens is 1. The van der Waals surface area contributed by atoms with Crippen LogP contribution in [-0.2, 0) is 11.2 Å². The number of fused-ring (bicyclic) bond motifs is 1. The van der Waals surface area contributed by atoms with Gasteiger partial charge in [-0.15, -0.1) is 0 Å². The van der Waals surface area contributed by atoms with Crippen LogP contribution in [0.2, 0.25) is 5.02 Å². The van der Waals surface area contributed by atoms with Crippen LogP contribution in [0.4, 0.5) is 0 Å². The van der Waals surface area contributed by atoms with Gasteiger partial charge in [0.2, 0.25) is 5.91 Å². The van der Waals surface area contributed by atoms with Crippen LogP contribution in [-0.4, -0.2) is 46.2 Å². The van der Waals surface area contributed by atoms with E-state index in [9.17, 15) is 9.90 Å². The second-order valence-electron chi connectivity index (χ2n) is 8.22. The summed E-state index contributed by atoms with van der Waals surface area (Å²) >= 11 is 6.20. The molecular formula is C24H27ClN2O3. The van der Waals surface area contributed by atoms with Crippen molar-refractivity contribution in [1.29, 1.82) is 0 Å². The Labute approximate surface area is 181 Å². The number of benzene rings is 2. The standard InChI is InChI=1S/C24H27ClN2O3/c1-17-7-8-20(25)22(13-17)30-16-24(29)9-4-11-27(12-10-24)23(28)14-18-15-26-21-6-3-2-5-19(18)21/h2-3,5-8,13,15,26,29H,4,9-12,14,16H2,1H3. The lowest BCUT2D eigenvalue weighted by atomic mass is 9.96. The number of aliphatic hydroxyl groups is 1. The molecule has 2 aromatic carbocycles. The molecule has 1 atom stereocenters. The maximum Gasteiger partial charge on any atom is 0.227 e. The zero-order chi connectivity index (χ0) is 21.1. The third kappa shape index (κ3) is 4.63. The van der Waals surface area contributed by atoms with E-state index < -0.39 is 5.60 Å². The summed E-state index contributed by atoms with van der Waals surface area (Å²) in [6.07, 6.45) is 4.08. The molecule has 30 heavy (non-hydrogen) atoms. The van der Waals surface area contributed by atoms with Crippen LogP contribution in [0.3, 0.4) is 0 Å². The average Bonchev–Trinajstić information content (AvgIpc) is 3.03. The van der Waals surface area contributed by atoms with Crippen molar-refractivity contribution < 1.29 is 14.6 Å². The predicted molar refractivity (Wildman–Crippen MR) is 119 cm³/mol. The smallest absolute Gasteiger partial charge is 0.227 e. The SMILES string of the molecule is Cc1ccc(Cl)c(OCC2(O)CCCN(C(=O)Cc3c[nH]c4ccccc34)CC2)c1. The van der Waals surface area contributed by atoms with Crippen molar-refractivity contribution in [2.45, 2.75) is 38.2 Å². The van der Waals surface area contributed by atoms with Gasteiger partial charge in [-0.25, -0.2) is 0 Å². The van der Waals surface area contributed by atoms with E-state index in [0.717, 1.165) is 28.5 Å². The number of aryl methyl sites for hydroxylation is 1. The molecule has 158 valence electrons. The highest BCUT2D eigenvalue weighted by Crippen LogP contribution is 2.29. The Hall–Kier alpha value is -2.50. The number of rotatable bonds is 5. The Bertz CT molecular complexity index is 1050. The lowest BCUT2D eigenvalue weighted by Crippen LogP contribution is -2.38. The number of hydrogen-bond donors (Lipinski definition) is 2. The van der Waals surface area contributed by atoms with Crippen molar-refractivity contribution in [3.8, 4) is 5.75 Å². The third-order valence-corrected chi connectivity index (χ3v) is 6.18. The van der Waals surface area contributed by atoms with Gasteiger partial charge in [0.1, 0.15) is 18.0 Å². The normalized spacial score (nSPS) is 19.6. The summed E-state index contributed by atoms with van der Waals surface area (Å²) in [6, 6.07) is 13.6. The Morgan fingerprint density at radius 3 is 2.93 bits per heavy atom. The molecule has 0 bridgehead atoms. The minimum Gasteiger partial charge on any atom is -0.489 e. The Morgan fingerprint density at radius 1 is 1.23 bits per heavy atom. The number of ether oxygens (including phenoxy) is 1. The van der Waals surface area contributed by atoms with Crippen molar-refractivity contribution in [2.75, 3.05) is 19.7 Å². The number of nitrogens with zero attached hydrogens (tertiary/aromatic N) is 1. The minimum atomic E-state index is -0.969. The maximum absolute atomic E-state index is 12.9. The number of nitrogens with one attached hydrogen (secondary N) is 1. The van der Waals surface area contributed by atoms with Crippen molar-refractivity contribution in [3.63, 3.8) is 0 Å². The molecule has 0 saturated carbocycles. The molecule has 6 heteroatoms. The molecule has 1 aliphatic heterocycles. The van der Waals surface area contributed by atoms with E-state index in [0.29, 0.717) is 43.1 Å². The lowest BCUT2D eigenvalue weighted by molar-refractivity contribution is -0.130. The Kier molecular flexibility index (Phi) is 6.02. The first-order valence-electron chi connectivity index (χ1n) is 10.4. The van der Waals surface area contributed by atoms with E-state index in [1.165, 1.54) is 0 Å². The number of halogens is 1. The van der Waals surface area contributed by atoms with Crippen molar-refractivity contribution >= 4 is 28.4 Å². The number of carbonyl (C=O) groups is 1. The van der Waals surface area contributed by atoms with E-state index in [2.05, 4.69) is 4.98 Å². The molecule has 3 aromatic rings. The second kappa shape index (κ2) is 8.70. The van der Waals surface area contributed by atoms with Crippen molar-refractivity contribution in [3.05, 3.63) is 64.8 Å². The second-order valence-corrected chi connectivity index (χ2v) is 8.62. The largest absolute Gasteiger partial charge is 0.489 e. The molecule has 0 spiro atoms. The fraction of sp³-hybridized carbons (Fsp3) is 0.375. The average molecular weight is 427 g/mol. The van der Waals surface area contributed by atoms with Crippen molar-refractivity contribution in [2.24, 2.45) is 0 Å². The van der Waals surface area contributed by atoms with E-state index in [1.54, 1.807) is 6.07 Å². The fourth-order valence-corrected chi connectivity index (χ4v) is 4.23. The Balaban J connectivity index is 1.37. The monoisotopic (exact) mass is 426 g/mol. The molecule has 1 fully saturated rings. The van der Waals surface area contributed by atoms with Gasteiger partial charge in [-0.3, -0.25) is 4.79 Å². The van der Waals surface area contributed by atoms with Gasteiger partial charge in [-0.1, -0.05) is 35.9 Å². The molecular weight excluding hydrogens is 400 g/mol. The Morgan fingerprint density at radius 2 is 2.07 bits per heavy atom. The molecule has 1 unspecified atom stereocenters. The molecule has 0 radical (unpaired) electrons. The quantitative estimate of drug-likeness (QED) is 0.631. The number of amides is 1. The molecule has 1 amide bonds. The van der Waals surface area contributed by atoms with Gasteiger partial charge in [0.05, 0.1) is 11.4 Å². The highest BCUT2D eigenvalue weighted by atomic mass is 35.5. The molecule has 4 rings (SSSR count). The van der Waals surface area contributed by atoms with Crippen LogP contribution in [0.1, 0.15) is 30.4 Å². The first kappa shape index (κ1) is 20.8. The van der Waals surface area contributed by atoms with E-state index in [4.69, 9.17) is 16.3 Å². The first-order chi connectivity index (χ1) is 14.4. The highest BCUT2D eigenvalue weighted by Gasteiger charge is 2.32. The molecule has 1 saturated heterocycles. The van der Waals surface area contributed by atoms with E-state index in [-0.39, 0.29) is 12.5 Å². The van der Waals surface area contributed by atoms with Gasteiger partial charge in [-0.05, 0) is 55.5 Å².